The Morgan fingerprint density at radius 2 is 1.90 bits per heavy atom. The molecule has 20 heavy (non-hydrogen) atoms. The second-order valence-electron chi connectivity index (χ2n) is 6.67. The predicted octanol–water partition coefficient (Wildman–Crippen LogP) is 3.70. The van der Waals surface area contributed by atoms with E-state index in [1.165, 1.54) is 25.1 Å². The maximum atomic E-state index is 3.78. The van der Waals surface area contributed by atoms with Crippen LogP contribution in [-0.2, 0) is 0 Å². The third kappa shape index (κ3) is 3.83. The van der Waals surface area contributed by atoms with E-state index in [0.717, 1.165) is 18.4 Å². The third-order valence-corrected chi connectivity index (χ3v) is 4.56. The van der Waals surface area contributed by atoms with Gasteiger partial charge in [-0.2, -0.15) is 0 Å². The highest BCUT2D eigenvalue weighted by Crippen LogP contribution is 2.26. The van der Waals surface area contributed by atoms with Gasteiger partial charge in [-0.15, -0.1) is 0 Å². The van der Waals surface area contributed by atoms with Crippen molar-refractivity contribution in [2.24, 2.45) is 11.8 Å². The van der Waals surface area contributed by atoms with Crippen LogP contribution in [0.3, 0.4) is 0 Å². The fourth-order valence-electron chi connectivity index (χ4n) is 3.18. The van der Waals surface area contributed by atoms with Gasteiger partial charge in [0.25, 0.3) is 0 Å². The van der Waals surface area contributed by atoms with Crippen LogP contribution in [0.4, 0.5) is 0 Å². The summed E-state index contributed by atoms with van der Waals surface area (Å²) in [6, 6.07) is 12.1. The van der Waals surface area contributed by atoms with Crippen molar-refractivity contribution in [3.63, 3.8) is 0 Å². The molecule has 1 fully saturated rings. The van der Waals surface area contributed by atoms with E-state index in [-0.39, 0.29) is 0 Å². The minimum atomic E-state index is 0.527. The fraction of sp³-hybridized carbons (Fsp3) is 0.667. The van der Waals surface area contributed by atoms with Crippen LogP contribution in [0.1, 0.15) is 45.7 Å². The molecule has 0 aliphatic carbocycles. The zero-order chi connectivity index (χ0) is 14.5. The first kappa shape index (κ1) is 15.5. The van der Waals surface area contributed by atoms with Gasteiger partial charge in [0.2, 0.25) is 0 Å². The average molecular weight is 274 g/mol. The van der Waals surface area contributed by atoms with E-state index in [1.54, 1.807) is 0 Å². The largest absolute Gasteiger partial charge is 0.311 e. The standard InChI is InChI=1S/C18H30N2/c1-5-15(4)17-13-20(12-14(2)3)18(11-19-17)16-9-7-6-8-10-16/h6-10,14-15,17-19H,5,11-13H2,1-4H3. The molecule has 1 aromatic carbocycles. The van der Waals surface area contributed by atoms with Crippen LogP contribution in [0.15, 0.2) is 30.3 Å². The third-order valence-electron chi connectivity index (χ3n) is 4.56. The molecule has 0 spiro atoms. The lowest BCUT2D eigenvalue weighted by atomic mass is 9.92. The molecule has 0 radical (unpaired) electrons. The highest BCUT2D eigenvalue weighted by Gasteiger charge is 2.30. The SMILES string of the molecule is CCC(C)C1CN(CC(C)C)C(c2ccccc2)CN1. The van der Waals surface area contributed by atoms with Crippen molar-refractivity contribution >= 4 is 0 Å². The molecule has 1 N–H and O–H groups in total. The maximum Gasteiger partial charge on any atom is 0.0473 e. The van der Waals surface area contributed by atoms with Crippen LogP contribution >= 0.6 is 0 Å². The van der Waals surface area contributed by atoms with Gasteiger partial charge in [-0.05, 0) is 17.4 Å². The fourth-order valence-corrected chi connectivity index (χ4v) is 3.18. The van der Waals surface area contributed by atoms with Crippen molar-refractivity contribution in [2.75, 3.05) is 19.6 Å². The molecular formula is C18H30N2. The van der Waals surface area contributed by atoms with Crippen molar-refractivity contribution < 1.29 is 0 Å². The number of rotatable bonds is 5. The number of nitrogens with zero attached hydrogens (tertiary/aromatic N) is 1. The molecule has 1 aliphatic heterocycles. The lowest BCUT2D eigenvalue weighted by Gasteiger charge is -2.43. The summed E-state index contributed by atoms with van der Waals surface area (Å²) in [7, 11) is 0. The molecule has 1 aromatic rings. The van der Waals surface area contributed by atoms with Crippen LogP contribution < -0.4 is 5.32 Å². The normalized spacial score (nSPS) is 25.9. The molecule has 3 atom stereocenters. The van der Waals surface area contributed by atoms with Crippen LogP contribution in [-0.4, -0.2) is 30.6 Å². The van der Waals surface area contributed by atoms with Crippen LogP contribution in [0.2, 0.25) is 0 Å². The first-order chi connectivity index (χ1) is 9.61. The molecular weight excluding hydrogens is 244 g/mol. The number of hydrogen-bond acceptors (Lipinski definition) is 2. The molecule has 0 amide bonds. The van der Waals surface area contributed by atoms with E-state index >= 15 is 0 Å². The average Bonchev–Trinajstić information content (AvgIpc) is 2.46. The van der Waals surface area contributed by atoms with Crippen molar-refractivity contribution in [1.29, 1.82) is 0 Å². The molecule has 2 nitrogen and oxygen atoms in total. The second-order valence-corrected chi connectivity index (χ2v) is 6.67. The first-order valence-electron chi connectivity index (χ1n) is 8.14. The van der Waals surface area contributed by atoms with Crippen molar-refractivity contribution in [1.82, 2.24) is 10.2 Å². The van der Waals surface area contributed by atoms with Gasteiger partial charge in [-0.3, -0.25) is 4.90 Å². The molecule has 3 unspecified atom stereocenters. The van der Waals surface area contributed by atoms with Gasteiger partial charge in [0.15, 0.2) is 0 Å². The Kier molecular flexibility index (Phi) is 5.62. The van der Waals surface area contributed by atoms with Crippen molar-refractivity contribution in [3.8, 4) is 0 Å². The van der Waals surface area contributed by atoms with Gasteiger partial charge in [-0.1, -0.05) is 64.4 Å². The van der Waals surface area contributed by atoms with E-state index in [2.05, 4.69) is 68.2 Å². The number of benzene rings is 1. The number of hydrogen-bond donors (Lipinski definition) is 1. The quantitative estimate of drug-likeness (QED) is 0.880. The molecule has 0 aromatic heterocycles. The summed E-state index contributed by atoms with van der Waals surface area (Å²) >= 11 is 0. The van der Waals surface area contributed by atoms with Crippen LogP contribution in [0, 0.1) is 11.8 Å². The zero-order valence-corrected chi connectivity index (χ0v) is 13.5. The Morgan fingerprint density at radius 3 is 2.50 bits per heavy atom. The smallest absolute Gasteiger partial charge is 0.0473 e. The summed E-state index contributed by atoms with van der Waals surface area (Å²) in [6.45, 7) is 12.7. The molecule has 1 heterocycles. The van der Waals surface area contributed by atoms with Gasteiger partial charge in [0.1, 0.15) is 0 Å². The topological polar surface area (TPSA) is 15.3 Å². The van der Waals surface area contributed by atoms with Gasteiger partial charge < -0.3 is 5.32 Å². The summed E-state index contributed by atoms with van der Waals surface area (Å²) in [5.41, 5.74) is 1.45. The Hall–Kier alpha value is -0.860. The van der Waals surface area contributed by atoms with E-state index in [9.17, 15) is 0 Å². The summed E-state index contributed by atoms with van der Waals surface area (Å²) in [4.78, 5) is 2.69. The highest BCUT2D eigenvalue weighted by molar-refractivity contribution is 5.20. The molecule has 1 aliphatic rings. The highest BCUT2D eigenvalue weighted by atomic mass is 15.2. The summed E-state index contributed by atoms with van der Waals surface area (Å²) in [5, 5.41) is 3.78. The minimum absolute atomic E-state index is 0.527. The van der Waals surface area contributed by atoms with Crippen molar-refractivity contribution in [2.45, 2.75) is 46.2 Å². The molecule has 0 bridgehead atoms. The number of piperazine rings is 1. The summed E-state index contributed by atoms with van der Waals surface area (Å²) < 4.78 is 0. The molecule has 2 heteroatoms. The van der Waals surface area contributed by atoms with Gasteiger partial charge in [0.05, 0.1) is 0 Å². The first-order valence-corrected chi connectivity index (χ1v) is 8.14. The Bertz CT molecular complexity index is 388. The lowest BCUT2D eigenvalue weighted by molar-refractivity contribution is 0.0968. The predicted molar refractivity (Wildman–Crippen MR) is 86.8 cm³/mol. The van der Waals surface area contributed by atoms with E-state index in [0.29, 0.717) is 12.1 Å². The van der Waals surface area contributed by atoms with Gasteiger partial charge in [0, 0.05) is 31.7 Å². The molecule has 112 valence electrons. The summed E-state index contributed by atoms with van der Waals surface area (Å²) in [5.74, 6) is 1.47. The van der Waals surface area contributed by atoms with Crippen LogP contribution in [0.5, 0.6) is 0 Å². The molecule has 2 rings (SSSR count). The van der Waals surface area contributed by atoms with E-state index in [1.807, 2.05) is 0 Å². The summed E-state index contributed by atoms with van der Waals surface area (Å²) in [6.07, 6.45) is 1.25. The van der Waals surface area contributed by atoms with Gasteiger partial charge >= 0.3 is 0 Å². The van der Waals surface area contributed by atoms with Gasteiger partial charge in [-0.25, -0.2) is 0 Å². The minimum Gasteiger partial charge on any atom is -0.311 e. The number of nitrogens with one attached hydrogen (secondary N) is 1. The van der Waals surface area contributed by atoms with E-state index < -0.39 is 0 Å². The Morgan fingerprint density at radius 1 is 1.20 bits per heavy atom. The van der Waals surface area contributed by atoms with Crippen molar-refractivity contribution in [3.05, 3.63) is 35.9 Å². The Balaban J connectivity index is 2.12. The second kappa shape index (κ2) is 7.24. The zero-order valence-electron chi connectivity index (χ0n) is 13.5. The lowest BCUT2D eigenvalue weighted by Crippen LogP contribution is -2.55. The van der Waals surface area contributed by atoms with E-state index in [4.69, 9.17) is 0 Å². The maximum absolute atomic E-state index is 3.78. The molecule has 1 saturated heterocycles. The monoisotopic (exact) mass is 274 g/mol. The van der Waals surface area contributed by atoms with Crippen LogP contribution in [0.25, 0.3) is 0 Å². The molecule has 0 saturated carbocycles. The Labute approximate surface area is 124 Å².